The fraction of sp³-hybridized carbons (Fsp3) is 0.545. The number of piperidine rings is 2. The van der Waals surface area contributed by atoms with Gasteiger partial charge in [0.05, 0.1) is 9.90 Å². The summed E-state index contributed by atoms with van der Waals surface area (Å²) in [6.07, 6.45) is 6.58. The molecule has 1 amide bonds. The van der Waals surface area contributed by atoms with E-state index in [2.05, 4.69) is 4.98 Å². The molecule has 8 heteroatoms. The van der Waals surface area contributed by atoms with Crippen LogP contribution >= 0.6 is 11.3 Å². The molecule has 2 aliphatic heterocycles. The third-order valence-corrected chi connectivity index (χ3v) is 9.24. The van der Waals surface area contributed by atoms with Crippen LogP contribution in [-0.4, -0.2) is 54.2 Å². The van der Waals surface area contributed by atoms with Crippen molar-refractivity contribution in [1.29, 1.82) is 0 Å². The summed E-state index contributed by atoms with van der Waals surface area (Å²) in [6, 6.07) is 4.97. The van der Waals surface area contributed by atoms with Crippen LogP contribution in [0.5, 0.6) is 0 Å². The first-order chi connectivity index (χ1) is 14.4. The Balaban J connectivity index is 1.59. The van der Waals surface area contributed by atoms with Crippen LogP contribution in [0.15, 0.2) is 34.7 Å². The summed E-state index contributed by atoms with van der Waals surface area (Å²) in [5, 5.41) is 3.04. The van der Waals surface area contributed by atoms with Crippen LogP contribution in [0.1, 0.15) is 65.9 Å². The van der Waals surface area contributed by atoms with Gasteiger partial charge in [-0.25, -0.2) is 13.4 Å². The number of hydrogen-bond donors (Lipinski definition) is 0. The minimum atomic E-state index is -3.61. The normalized spacial score (nSPS) is 23.5. The maximum absolute atomic E-state index is 13.4. The molecule has 2 unspecified atom stereocenters. The molecule has 0 aliphatic carbocycles. The lowest BCUT2D eigenvalue weighted by Gasteiger charge is -2.33. The summed E-state index contributed by atoms with van der Waals surface area (Å²) in [7, 11) is -3.61. The molecule has 2 atom stereocenters. The van der Waals surface area contributed by atoms with E-state index in [1.54, 1.807) is 40.0 Å². The number of benzene rings is 1. The van der Waals surface area contributed by atoms with Crippen LogP contribution in [0.2, 0.25) is 0 Å². The monoisotopic (exact) mass is 447 g/mol. The molecule has 0 N–H and O–H groups in total. The molecule has 162 valence electrons. The molecule has 2 aliphatic rings. The average molecular weight is 448 g/mol. The first kappa shape index (κ1) is 21.5. The van der Waals surface area contributed by atoms with Crippen LogP contribution in [-0.2, 0) is 10.0 Å². The van der Waals surface area contributed by atoms with Gasteiger partial charge in [-0.2, -0.15) is 4.31 Å². The molecule has 0 bridgehead atoms. The van der Waals surface area contributed by atoms with Gasteiger partial charge in [-0.15, -0.1) is 11.3 Å². The van der Waals surface area contributed by atoms with Crippen LogP contribution < -0.4 is 0 Å². The second kappa shape index (κ2) is 8.77. The highest BCUT2D eigenvalue weighted by molar-refractivity contribution is 7.89. The highest BCUT2D eigenvalue weighted by atomic mass is 32.2. The Bertz CT molecular complexity index is 1000. The van der Waals surface area contributed by atoms with Crippen molar-refractivity contribution < 1.29 is 13.2 Å². The second-order valence-corrected chi connectivity index (χ2v) is 11.2. The minimum absolute atomic E-state index is 0.00893. The number of likely N-dealkylation sites (tertiary alicyclic amines) is 1. The fourth-order valence-electron chi connectivity index (χ4n) is 4.53. The predicted octanol–water partition coefficient (Wildman–Crippen LogP) is 4.03. The molecule has 2 saturated heterocycles. The summed E-state index contributed by atoms with van der Waals surface area (Å²) in [4.78, 5) is 19.9. The number of carbonyl (C=O) groups excluding carboxylic acids is 1. The maximum atomic E-state index is 13.4. The number of aryl methyl sites for hydroxylation is 1. The summed E-state index contributed by atoms with van der Waals surface area (Å²) in [5.41, 5.74) is 1.29. The van der Waals surface area contributed by atoms with Crippen molar-refractivity contribution in [2.45, 2.75) is 62.8 Å². The van der Waals surface area contributed by atoms with Gasteiger partial charge in [0.1, 0.15) is 0 Å². The number of sulfonamides is 1. The third-order valence-electron chi connectivity index (χ3n) is 6.30. The Morgan fingerprint density at radius 2 is 2.00 bits per heavy atom. The van der Waals surface area contributed by atoms with Gasteiger partial charge in [0.15, 0.2) is 0 Å². The Morgan fingerprint density at radius 1 is 1.17 bits per heavy atom. The van der Waals surface area contributed by atoms with E-state index < -0.39 is 10.0 Å². The number of nitrogens with zero attached hydrogens (tertiary/aromatic N) is 3. The number of rotatable bonds is 4. The molecule has 3 heterocycles. The number of hydrogen-bond acceptors (Lipinski definition) is 5. The van der Waals surface area contributed by atoms with Gasteiger partial charge in [-0.1, -0.05) is 12.5 Å². The Labute approximate surface area is 183 Å². The molecule has 2 fully saturated rings. The summed E-state index contributed by atoms with van der Waals surface area (Å²) in [5.74, 6) is 0.168. The summed E-state index contributed by atoms with van der Waals surface area (Å²) >= 11 is 1.63. The van der Waals surface area contributed by atoms with E-state index in [0.717, 1.165) is 42.7 Å². The van der Waals surface area contributed by atoms with Crippen LogP contribution in [0.4, 0.5) is 0 Å². The SMILES string of the molecule is Cc1ccc(S(=O)(=O)N2CCCCC2C)cc1C(=O)N1CCCC(c2nccs2)C1. The molecule has 2 aromatic rings. The van der Waals surface area contributed by atoms with E-state index >= 15 is 0 Å². The zero-order valence-electron chi connectivity index (χ0n) is 17.6. The van der Waals surface area contributed by atoms with Gasteiger partial charge < -0.3 is 4.90 Å². The van der Waals surface area contributed by atoms with E-state index in [9.17, 15) is 13.2 Å². The topological polar surface area (TPSA) is 70.6 Å². The first-order valence-corrected chi connectivity index (χ1v) is 13.0. The average Bonchev–Trinajstić information content (AvgIpc) is 3.29. The van der Waals surface area contributed by atoms with Gasteiger partial charge in [-0.05, 0) is 57.2 Å². The minimum Gasteiger partial charge on any atom is -0.338 e. The van der Waals surface area contributed by atoms with E-state index in [1.165, 1.54) is 0 Å². The highest BCUT2D eigenvalue weighted by Crippen LogP contribution is 2.30. The second-order valence-electron chi connectivity index (χ2n) is 8.40. The molecule has 0 saturated carbocycles. The van der Waals surface area contributed by atoms with Crippen molar-refractivity contribution in [2.24, 2.45) is 0 Å². The van der Waals surface area contributed by atoms with Gasteiger partial charge in [0.2, 0.25) is 10.0 Å². The summed E-state index contributed by atoms with van der Waals surface area (Å²) in [6.45, 7) is 5.70. The van der Waals surface area contributed by atoms with E-state index in [-0.39, 0.29) is 22.8 Å². The number of aromatic nitrogens is 1. The quantitative estimate of drug-likeness (QED) is 0.709. The molecule has 1 aromatic heterocycles. The molecule has 0 spiro atoms. The lowest BCUT2D eigenvalue weighted by Crippen LogP contribution is -2.42. The smallest absolute Gasteiger partial charge is 0.254 e. The van der Waals surface area contributed by atoms with Crippen LogP contribution in [0.3, 0.4) is 0 Å². The third kappa shape index (κ3) is 4.18. The summed E-state index contributed by atoms with van der Waals surface area (Å²) < 4.78 is 28.1. The van der Waals surface area contributed by atoms with E-state index in [1.807, 2.05) is 24.1 Å². The number of amides is 1. The number of carbonyl (C=O) groups is 1. The maximum Gasteiger partial charge on any atom is 0.254 e. The predicted molar refractivity (Wildman–Crippen MR) is 118 cm³/mol. The lowest BCUT2D eigenvalue weighted by atomic mass is 9.97. The van der Waals surface area contributed by atoms with Crippen molar-refractivity contribution in [3.63, 3.8) is 0 Å². The van der Waals surface area contributed by atoms with Gasteiger partial charge >= 0.3 is 0 Å². The molecular formula is C22H29N3O3S2. The van der Waals surface area contributed by atoms with E-state index in [4.69, 9.17) is 0 Å². The first-order valence-electron chi connectivity index (χ1n) is 10.7. The van der Waals surface area contributed by atoms with Gasteiger partial charge in [0.25, 0.3) is 5.91 Å². The van der Waals surface area contributed by atoms with Crippen LogP contribution in [0, 0.1) is 6.92 Å². The van der Waals surface area contributed by atoms with Crippen molar-refractivity contribution in [2.75, 3.05) is 19.6 Å². The van der Waals surface area contributed by atoms with E-state index in [0.29, 0.717) is 25.2 Å². The Morgan fingerprint density at radius 3 is 2.73 bits per heavy atom. The zero-order chi connectivity index (χ0) is 21.3. The largest absolute Gasteiger partial charge is 0.338 e. The zero-order valence-corrected chi connectivity index (χ0v) is 19.2. The Kier molecular flexibility index (Phi) is 6.27. The van der Waals surface area contributed by atoms with Crippen molar-refractivity contribution in [1.82, 2.24) is 14.2 Å². The highest BCUT2D eigenvalue weighted by Gasteiger charge is 2.33. The molecule has 0 radical (unpaired) electrons. The molecule has 6 nitrogen and oxygen atoms in total. The number of thiazole rings is 1. The molecular weight excluding hydrogens is 418 g/mol. The van der Waals surface area contributed by atoms with Crippen molar-refractivity contribution in [3.05, 3.63) is 45.9 Å². The van der Waals surface area contributed by atoms with Crippen molar-refractivity contribution in [3.8, 4) is 0 Å². The van der Waals surface area contributed by atoms with Crippen molar-refractivity contribution >= 4 is 27.3 Å². The molecule has 1 aromatic carbocycles. The Hall–Kier alpha value is -1.77. The standard InChI is InChI=1S/C22H29N3O3S2/c1-16-8-9-19(30(27,28)25-12-4-3-6-17(25)2)14-20(16)22(26)24-11-5-7-18(15-24)21-23-10-13-29-21/h8-10,13-14,17-18H,3-7,11-12,15H2,1-2H3. The van der Waals surface area contributed by atoms with Crippen LogP contribution in [0.25, 0.3) is 0 Å². The fourth-order valence-corrected chi connectivity index (χ4v) is 7.02. The van der Waals surface area contributed by atoms with Gasteiger partial charge in [-0.3, -0.25) is 4.79 Å². The lowest BCUT2D eigenvalue weighted by molar-refractivity contribution is 0.0706. The van der Waals surface area contributed by atoms with Gasteiger partial charge in [0, 0.05) is 48.7 Å². The molecule has 30 heavy (non-hydrogen) atoms. The molecule has 4 rings (SSSR count).